The lowest BCUT2D eigenvalue weighted by Crippen LogP contribution is -2.32. The molecule has 1 aliphatic heterocycles. The number of amidine groups is 1. The molecule has 4 rings (SSSR count). The van der Waals surface area contributed by atoms with Crippen LogP contribution in [0.2, 0.25) is 0 Å². The first kappa shape index (κ1) is 19.6. The number of aryl methyl sites for hydroxylation is 1. The van der Waals surface area contributed by atoms with Crippen molar-refractivity contribution in [2.24, 2.45) is 4.99 Å². The van der Waals surface area contributed by atoms with E-state index in [9.17, 15) is 4.79 Å². The van der Waals surface area contributed by atoms with E-state index >= 15 is 0 Å². The fourth-order valence-electron chi connectivity index (χ4n) is 3.30. The molecule has 3 aromatic carbocycles. The minimum atomic E-state index is -0.139. The molecule has 0 unspecified atom stereocenters. The number of ether oxygens (including phenoxy) is 1. The number of benzene rings is 3. The predicted molar refractivity (Wildman–Crippen MR) is 122 cm³/mol. The first-order valence-corrected chi connectivity index (χ1v) is 10.0. The molecule has 1 heterocycles. The minimum absolute atomic E-state index is 0.117. The number of amides is 1. The van der Waals surface area contributed by atoms with Crippen LogP contribution >= 0.6 is 0 Å². The molecule has 0 atom stereocenters. The van der Waals surface area contributed by atoms with E-state index in [-0.39, 0.29) is 12.0 Å². The highest BCUT2D eigenvalue weighted by molar-refractivity contribution is 6.33. The Kier molecular flexibility index (Phi) is 5.48. The fourth-order valence-corrected chi connectivity index (χ4v) is 3.30. The average molecular weight is 396 g/mol. The van der Waals surface area contributed by atoms with Gasteiger partial charge in [0.25, 0.3) is 5.91 Å². The molecule has 4 heteroatoms. The zero-order chi connectivity index (χ0) is 21.1. The second-order valence-corrected chi connectivity index (χ2v) is 7.54. The number of anilines is 1. The largest absolute Gasteiger partial charge is 0.491 e. The first-order valence-electron chi connectivity index (χ1n) is 10.0. The van der Waals surface area contributed by atoms with Gasteiger partial charge in [0.2, 0.25) is 0 Å². The Balaban J connectivity index is 1.72. The van der Waals surface area contributed by atoms with Crippen LogP contribution in [0.5, 0.6) is 5.75 Å². The van der Waals surface area contributed by atoms with Crippen LogP contribution in [0.15, 0.2) is 89.6 Å². The second kappa shape index (κ2) is 8.37. The third kappa shape index (κ3) is 4.18. The zero-order valence-corrected chi connectivity index (χ0v) is 17.4. The average Bonchev–Trinajstić information content (AvgIpc) is 3.06. The lowest BCUT2D eigenvalue weighted by atomic mass is 10.1. The molecular weight excluding hydrogens is 372 g/mol. The van der Waals surface area contributed by atoms with Gasteiger partial charge < -0.3 is 4.74 Å². The molecule has 0 radical (unpaired) electrons. The Morgan fingerprint density at radius 3 is 2.20 bits per heavy atom. The minimum Gasteiger partial charge on any atom is -0.491 e. The summed E-state index contributed by atoms with van der Waals surface area (Å²) in [6.45, 7) is 6.01. The summed E-state index contributed by atoms with van der Waals surface area (Å²) in [4.78, 5) is 19.7. The maximum absolute atomic E-state index is 13.3. The van der Waals surface area contributed by atoms with E-state index in [1.165, 1.54) is 0 Å². The summed E-state index contributed by atoms with van der Waals surface area (Å²) in [7, 11) is 0. The van der Waals surface area contributed by atoms with Crippen LogP contribution in [0.25, 0.3) is 6.08 Å². The van der Waals surface area contributed by atoms with Crippen molar-refractivity contribution < 1.29 is 9.53 Å². The van der Waals surface area contributed by atoms with Gasteiger partial charge in [0, 0.05) is 5.56 Å². The van der Waals surface area contributed by atoms with Gasteiger partial charge in [0.15, 0.2) is 0 Å². The summed E-state index contributed by atoms with van der Waals surface area (Å²) >= 11 is 0. The van der Waals surface area contributed by atoms with Crippen LogP contribution in [-0.4, -0.2) is 17.8 Å². The van der Waals surface area contributed by atoms with E-state index in [1.54, 1.807) is 4.90 Å². The molecule has 0 saturated carbocycles. The van der Waals surface area contributed by atoms with Crippen LogP contribution in [0.1, 0.15) is 30.5 Å². The molecule has 0 fully saturated rings. The van der Waals surface area contributed by atoms with Gasteiger partial charge in [-0.2, -0.15) is 0 Å². The number of aliphatic imine (C=N–C) groups is 1. The van der Waals surface area contributed by atoms with Gasteiger partial charge >= 0.3 is 0 Å². The molecule has 0 N–H and O–H groups in total. The Morgan fingerprint density at radius 2 is 1.57 bits per heavy atom. The smallest absolute Gasteiger partial charge is 0.282 e. The third-order valence-electron chi connectivity index (χ3n) is 4.74. The van der Waals surface area contributed by atoms with Crippen molar-refractivity contribution in [2.45, 2.75) is 26.9 Å². The summed E-state index contributed by atoms with van der Waals surface area (Å²) in [5.74, 6) is 1.30. The van der Waals surface area contributed by atoms with E-state index in [2.05, 4.69) is 0 Å². The van der Waals surface area contributed by atoms with E-state index in [0.717, 1.165) is 28.1 Å². The summed E-state index contributed by atoms with van der Waals surface area (Å²) in [5.41, 5.74) is 4.15. The Hall–Kier alpha value is -3.66. The highest BCUT2D eigenvalue weighted by Crippen LogP contribution is 2.28. The molecule has 1 amide bonds. The maximum atomic E-state index is 13.3. The molecule has 1 aliphatic rings. The fraction of sp³-hybridized carbons (Fsp3) is 0.154. The molecule has 0 aromatic heterocycles. The highest BCUT2D eigenvalue weighted by atomic mass is 16.5. The van der Waals surface area contributed by atoms with Gasteiger partial charge in [0.1, 0.15) is 17.3 Å². The van der Waals surface area contributed by atoms with Gasteiger partial charge in [0.05, 0.1) is 11.8 Å². The third-order valence-corrected chi connectivity index (χ3v) is 4.74. The monoisotopic (exact) mass is 396 g/mol. The van der Waals surface area contributed by atoms with Crippen molar-refractivity contribution in [1.82, 2.24) is 0 Å². The van der Waals surface area contributed by atoms with Crippen molar-refractivity contribution >= 4 is 23.5 Å². The van der Waals surface area contributed by atoms with Gasteiger partial charge in [-0.1, -0.05) is 60.2 Å². The van der Waals surface area contributed by atoms with Crippen LogP contribution < -0.4 is 9.64 Å². The van der Waals surface area contributed by atoms with Crippen LogP contribution in [-0.2, 0) is 4.79 Å². The molecule has 4 nitrogen and oxygen atoms in total. The molecule has 0 saturated heterocycles. The summed E-state index contributed by atoms with van der Waals surface area (Å²) < 4.78 is 5.70. The van der Waals surface area contributed by atoms with Crippen LogP contribution in [0.3, 0.4) is 0 Å². The Morgan fingerprint density at radius 1 is 0.900 bits per heavy atom. The quantitative estimate of drug-likeness (QED) is 0.526. The number of carbonyl (C=O) groups excluding carboxylic acids is 1. The maximum Gasteiger partial charge on any atom is 0.282 e. The molecule has 3 aromatic rings. The lowest BCUT2D eigenvalue weighted by Gasteiger charge is -2.18. The van der Waals surface area contributed by atoms with Crippen molar-refractivity contribution in [2.75, 3.05) is 4.90 Å². The number of nitrogens with zero attached hydrogens (tertiary/aromatic N) is 2. The van der Waals surface area contributed by atoms with Gasteiger partial charge in [-0.25, -0.2) is 4.99 Å². The van der Waals surface area contributed by atoms with Crippen molar-refractivity contribution in [3.8, 4) is 5.75 Å². The molecule has 0 aliphatic carbocycles. The Bertz CT molecular complexity index is 1100. The summed E-state index contributed by atoms with van der Waals surface area (Å²) in [5, 5.41) is 0. The summed E-state index contributed by atoms with van der Waals surface area (Å²) in [6, 6.07) is 25.4. The second-order valence-electron chi connectivity index (χ2n) is 7.54. The Labute approximate surface area is 177 Å². The number of hydrogen-bond donors (Lipinski definition) is 0. The van der Waals surface area contributed by atoms with E-state index in [1.807, 2.05) is 106 Å². The van der Waals surface area contributed by atoms with Gasteiger partial charge in [-0.15, -0.1) is 0 Å². The zero-order valence-electron chi connectivity index (χ0n) is 17.4. The van der Waals surface area contributed by atoms with Crippen molar-refractivity contribution in [1.29, 1.82) is 0 Å². The van der Waals surface area contributed by atoms with E-state index in [0.29, 0.717) is 11.5 Å². The van der Waals surface area contributed by atoms with Crippen molar-refractivity contribution in [3.63, 3.8) is 0 Å². The van der Waals surface area contributed by atoms with Crippen molar-refractivity contribution in [3.05, 3.63) is 101 Å². The van der Waals surface area contributed by atoms with Gasteiger partial charge in [-0.3, -0.25) is 9.69 Å². The number of rotatable bonds is 5. The SMILES string of the molecule is Cc1ccc(N2C(=O)/C(=C/c3ccc(OC(C)C)cc3)N=C2c2ccccc2)cc1. The molecular formula is C26H24N2O2. The number of carbonyl (C=O) groups is 1. The molecule has 0 spiro atoms. The van der Waals surface area contributed by atoms with Gasteiger partial charge in [-0.05, 0) is 56.7 Å². The molecule has 30 heavy (non-hydrogen) atoms. The normalized spacial score (nSPS) is 15.1. The van der Waals surface area contributed by atoms with Crippen LogP contribution in [0.4, 0.5) is 5.69 Å². The first-order chi connectivity index (χ1) is 14.5. The number of hydrogen-bond acceptors (Lipinski definition) is 3. The lowest BCUT2D eigenvalue weighted by molar-refractivity contribution is -0.113. The highest BCUT2D eigenvalue weighted by Gasteiger charge is 2.32. The topological polar surface area (TPSA) is 41.9 Å². The van der Waals surface area contributed by atoms with E-state index in [4.69, 9.17) is 9.73 Å². The molecule has 0 bridgehead atoms. The van der Waals surface area contributed by atoms with Crippen LogP contribution in [0, 0.1) is 6.92 Å². The molecule has 150 valence electrons. The summed E-state index contributed by atoms with van der Waals surface area (Å²) in [6.07, 6.45) is 1.94. The standard InChI is InChI=1S/C26H24N2O2/c1-18(2)30-23-15-11-20(12-16-23)17-24-26(29)28(22-13-9-19(3)10-14-22)25(27-24)21-7-5-4-6-8-21/h4-18H,1-3H3/b24-17-. The van der Waals surface area contributed by atoms with E-state index < -0.39 is 0 Å². The predicted octanol–water partition coefficient (Wildman–Crippen LogP) is 5.62.